The number of hydrogen-bond acceptors (Lipinski definition) is 6. The summed E-state index contributed by atoms with van der Waals surface area (Å²) in [7, 11) is 0. The molecule has 3 aromatic rings. The van der Waals surface area contributed by atoms with Crippen molar-refractivity contribution in [3.8, 4) is 5.75 Å². The fraction of sp³-hybridized carbons (Fsp3) is 0.222. The van der Waals surface area contributed by atoms with E-state index in [4.69, 9.17) is 21.1 Å². The summed E-state index contributed by atoms with van der Waals surface area (Å²) in [6.07, 6.45) is 0. The molecule has 8 heteroatoms. The SMILES string of the molecule is N.O=C1NC(C(c2ccccc2)c2ccc(N3CCOCC3)cc2)C([O-])=C1Oc1ccccc1Cl. The van der Waals surface area contributed by atoms with Crippen molar-refractivity contribution < 1.29 is 19.4 Å². The van der Waals surface area contributed by atoms with Gasteiger partial charge in [-0.15, -0.1) is 0 Å². The van der Waals surface area contributed by atoms with Gasteiger partial charge in [0.25, 0.3) is 5.91 Å². The molecule has 2 atom stereocenters. The zero-order valence-electron chi connectivity index (χ0n) is 19.2. The molecule has 3 aromatic carbocycles. The molecule has 1 amide bonds. The first kappa shape index (κ1) is 24.6. The second-order valence-corrected chi connectivity index (χ2v) is 8.66. The van der Waals surface area contributed by atoms with Gasteiger partial charge in [-0.05, 0) is 35.4 Å². The molecule has 0 aromatic heterocycles. The predicted octanol–water partition coefficient (Wildman–Crippen LogP) is 3.62. The summed E-state index contributed by atoms with van der Waals surface area (Å²) < 4.78 is 11.1. The average Bonchev–Trinajstić information content (AvgIpc) is 3.15. The first-order valence-corrected chi connectivity index (χ1v) is 11.6. The lowest BCUT2D eigenvalue weighted by Crippen LogP contribution is -2.38. The van der Waals surface area contributed by atoms with Gasteiger partial charge in [0.15, 0.2) is 5.76 Å². The standard InChI is InChI=1S/C27H25ClN2O4.H3N/c28-21-8-4-5-9-22(21)34-26-25(31)24(29-27(26)32)23(18-6-2-1-3-7-18)19-10-12-20(13-11-19)30-14-16-33-17-15-30;/h1-13,23-24,31H,14-17H2,(H,29,32);1H3/p-1. The topological polar surface area (TPSA) is 109 Å². The third kappa shape index (κ3) is 5.12. The van der Waals surface area contributed by atoms with E-state index in [1.165, 1.54) is 0 Å². The van der Waals surface area contributed by atoms with E-state index in [1.807, 2.05) is 42.5 Å². The highest BCUT2D eigenvalue weighted by Crippen LogP contribution is 2.36. The summed E-state index contributed by atoms with van der Waals surface area (Å²) in [5, 5.41) is 16.6. The Hall–Kier alpha value is -3.52. The van der Waals surface area contributed by atoms with Crippen LogP contribution in [-0.2, 0) is 9.53 Å². The number of carbonyl (C=O) groups excluding carboxylic acids is 1. The van der Waals surface area contributed by atoms with Crippen LogP contribution < -0.4 is 26.2 Å². The normalized spacial score (nSPS) is 18.6. The molecule has 1 fully saturated rings. The number of anilines is 1. The lowest BCUT2D eigenvalue weighted by molar-refractivity contribution is -0.312. The highest BCUT2D eigenvalue weighted by Gasteiger charge is 2.35. The Kier molecular flexibility index (Phi) is 7.60. The molecule has 0 spiro atoms. The Balaban J connectivity index is 0.00000289. The number of nitrogens with one attached hydrogen (secondary N) is 1. The third-order valence-electron chi connectivity index (χ3n) is 6.17. The molecule has 2 heterocycles. The molecular weight excluding hydrogens is 466 g/mol. The maximum absolute atomic E-state index is 13.4. The first-order chi connectivity index (χ1) is 16.6. The van der Waals surface area contributed by atoms with E-state index in [-0.39, 0.29) is 23.6 Å². The largest absolute Gasteiger partial charge is 0.871 e. The molecule has 0 saturated carbocycles. The van der Waals surface area contributed by atoms with Crippen molar-refractivity contribution in [1.29, 1.82) is 0 Å². The van der Waals surface area contributed by atoms with Crippen LogP contribution in [0.1, 0.15) is 17.0 Å². The molecular formula is C27H27ClN3O4-. The Morgan fingerprint density at radius 1 is 0.943 bits per heavy atom. The average molecular weight is 493 g/mol. The summed E-state index contributed by atoms with van der Waals surface area (Å²) in [6.45, 7) is 3.11. The smallest absolute Gasteiger partial charge is 0.286 e. The van der Waals surface area contributed by atoms with Crippen LogP contribution in [-0.4, -0.2) is 38.3 Å². The van der Waals surface area contributed by atoms with Gasteiger partial charge < -0.3 is 30.9 Å². The summed E-state index contributed by atoms with van der Waals surface area (Å²) in [5.41, 5.74) is 2.97. The molecule has 1 saturated heterocycles. The summed E-state index contributed by atoms with van der Waals surface area (Å²) in [6, 6.07) is 23.8. The predicted molar refractivity (Wildman–Crippen MR) is 134 cm³/mol. The van der Waals surface area contributed by atoms with Crippen LogP contribution in [0.3, 0.4) is 0 Å². The van der Waals surface area contributed by atoms with Gasteiger partial charge in [0.2, 0.25) is 0 Å². The maximum atomic E-state index is 13.4. The Labute approximate surface area is 209 Å². The van der Waals surface area contributed by atoms with Gasteiger partial charge in [-0.2, -0.15) is 0 Å². The summed E-state index contributed by atoms with van der Waals surface area (Å²) >= 11 is 6.17. The van der Waals surface area contributed by atoms with Crippen LogP contribution in [0.5, 0.6) is 5.75 Å². The Bertz CT molecular complexity index is 1190. The number of rotatable bonds is 6. The van der Waals surface area contributed by atoms with Crippen molar-refractivity contribution in [2.45, 2.75) is 12.0 Å². The van der Waals surface area contributed by atoms with Gasteiger partial charge in [0, 0.05) is 24.7 Å². The molecule has 182 valence electrons. The molecule has 0 bridgehead atoms. The molecule has 4 N–H and O–H groups in total. The van der Waals surface area contributed by atoms with E-state index in [2.05, 4.69) is 22.3 Å². The van der Waals surface area contributed by atoms with Crippen molar-refractivity contribution in [3.05, 3.63) is 107 Å². The maximum Gasteiger partial charge on any atom is 0.286 e. The second kappa shape index (κ2) is 10.8. The molecule has 2 unspecified atom stereocenters. The third-order valence-corrected chi connectivity index (χ3v) is 6.48. The number of hydrogen-bond donors (Lipinski definition) is 2. The monoisotopic (exact) mass is 492 g/mol. The minimum absolute atomic E-state index is 0. The summed E-state index contributed by atoms with van der Waals surface area (Å²) in [5.74, 6) is -1.28. The van der Waals surface area contributed by atoms with E-state index in [1.54, 1.807) is 24.3 Å². The van der Waals surface area contributed by atoms with Gasteiger partial charge in [-0.25, -0.2) is 0 Å². The first-order valence-electron chi connectivity index (χ1n) is 11.2. The highest BCUT2D eigenvalue weighted by atomic mass is 35.5. The number of benzene rings is 3. The zero-order valence-corrected chi connectivity index (χ0v) is 19.9. The van der Waals surface area contributed by atoms with Gasteiger partial charge >= 0.3 is 0 Å². The van der Waals surface area contributed by atoms with Gasteiger partial charge in [-0.1, -0.05) is 72.0 Å². The number of para-hydroxylation sites is 1. The lowest BCUT2D eigenvalue weighted by atomic mass is 9.84. The molecule has 7 nitrogen and oxygen atoms in total. The van der Waals surface area contributed by atoms with Crippen LogP contribution in [0.25, 0.3) is 0 Å². The van der Waals surface area contributed by atoms with Crippen molar-refractivity contribution in [3.63, 3.8) is 0 Å². The highest BCUT2D eigenvalue weighted by molar-refractivity contribution is 6.32. The van der Waals surface area contributed by atoms with E-state index >= 15 is 0 Å². The number of carbonyl (C=O) groups is 1. The minimum atomic E-state index is -0.790. The fourth-order valence-corrected chi connectivity index (χ4v) is 4.62. The molecule has 0 aliphatic carbocycles. The number of morpholine rings is 1. The second-order valence-electron chi connectivity index (χ2n) is 8.26. The van der Waals surface area contributed by atoms with Gasteiger partial charge in [-0.3, -0.25) is 4.79 Å². The van der Waals surface area contributed by atoms with Gasteiger partial charge in [0.1, 0.15) is 5.75 Å². The Morgan fingerprint density at radius 2 is 1.57 bits per heavy atom. The molecule has 35 heavy (non-hydrogen) atoms. The molecule has 2 aliphatic heterocycles. The van der Waals surface area contributed by atoms with E-state index in [0.717, 1.165) is 29.9 Å². The fourth-order valence-electron chi connectivity index (χ4n) is 4.45. The van der Waals surface area contributed by atoms with Crippen molar-refractivity contribution >= 4 is 23.2 Å². The number of amides is 1. The summed E-state index contributed by atoms with van der Waals surface area (Å²) in [4.78, 5) is 15.1. The van der Waals surface area contributed by atoms with Gasteiger partial charge in [0.05, 0.1) is 24.3 Å². The van der Waals surface area contributed by atoms with E-state index < -0.39 is 17.7 Å². The zero-order chi connectivity index (χ0) is 23.5. The number of nitrogens with zero attached hydrogens (tertiary/aromatic N) is 1. The van der Waals surface area contributed by atoms with Crippen LogP contribution in [0.15, 0.2) is 90.4 Å². The van der Waals surface area contributed by atoms with Crippen molar-refractivity contribution in [2.75, 3.05) is 31.2 Å². The lowest BCUT2D eigenvalue weighted by Gasteiger charge is -2.31. The van der Waals surface area contributed by atoms with E-state index in [0.29, 0.717) is 18.2 Å². The number of halogens is 1. The van der Waals surface area contributed by atoms with Crippen LogP contribution in [0.2, 0.25) is 5.02 Å². The van der Waals surface area contributed by atoms with Crippen LogP contribution in [0, 0.1) is 0 Å². The minimum Gasteiger partial charge on any atom is -0.871 e. The van der Waals surface area contributed by atoms with Crippen LogP contribution in [0.4, 0.5) is 5.69 Å². The molecule has 5 rings (SSSR count). The molecule has 2 aliphatic rings. The Morgan fingerprint density at radius 3 is 2.26 bits per heavy atom. The molecule has 0 radical (unpaired) electrons. The van der Waals surface area contributed by atoms with Crippen molar-refractivity contribution in [2.24, 2.45) is 0 Å². The number of ether oxygens (including phenoxy) is 2. The van der Waals surface area contributed by atoms with Crippen molar-refractivity contribution in [1.82, 2.24) is 11.5 Å². The van der Waals surface area contributed by atoms with Crippen LogP contribution >= 0.6 is 11.6 Å². The van der Waals surface area contributed by atoms with E-state index in [9.17, 15) is 9.90 Å². The quantitative estimate of drug-likeness (QED) is 0.544.